The second-order valence-corrected chi connectivity index (χ2v) is 3.12. The van der Waals surface area contributed by atoms with Crippen LogP contribution in [0.5, 0.6) is 11.5 Å². The van der Waals surface area contributed by atoms with E-state index in [1.54, 1.807) is 18.2 Å². The van der Waals surface area contributed by atoms with Gasteiger partial charge in [-0.1, -0.05) is 6.07 Å². The highest BCUT2D eigenvalue weighted by Gasteiger charge is 2.04. The van der Waals surface area contributed by atoms with Crippen LogP contribution >= 0.6 is 0 Å². The first-order valence-electron chi connectivity index (χ1n) is 4.95. The number of hydrogen-bond donors (Lipinski definition) is 1. The maximum absolute atomic E-state index is 12.0. The van der Waals surface area contributed by atoms with E-state index in [1.807, 2.05) is 0 Å². The number of halogens is 1. The summed E-state index contributed by atoms with van der Waals surface area (Å²) in [6.07, 6.45) is 2.46. The van der Waals surface area contributed by atoms with Crippen LogP contribution < -0.4 is 9.47 Å². The molecule has 4 nitrogen and oxygen atoms in total. The molecule has 0 atom stereocenters. The number of methoxy groups -OCH3 is 1. The lowest BCUT2D eigenvalue weighted by atomic mass is 10.2. The van der Waals surface area contributed by atoms with Crippen molar-refractivity contribution < 1.29 is 23.8 Å². The average molecular weight is 240 g/mol. The molecule has 0 spiro atoms. The van der Waals surface area contributed by atoms with Gasteiger partial charge in [-0.15, -0.1) is 0 Å². The monoisotopic (exact) mass is 240 g/mol. The van der Waals surface area contributed by atoms with Crippen LogP contribution in [0.25, 0.3) is 6.08 Å². The van der Waals surface area contributed by atoms with E-state index >= 15 is 0 Å². The minimum absolute atomic E-state index is 0.0410. The normalized spacial score (nSPS) is 10.5. The van der Waals surface area contributed by atoms with Crippen molar-refractivity contribution in [2.45, 2.75) is 0 Å². The molecule has 0 aromatic heterocycles. The molecule has 0 aliphatic heterocycles. The zero-order valence-electron chi connectivity index (χ0n) is 9.35. The molecular formula is C12H13FO4. The van der Waals surface area contributed by atoms with Gasteiger partial charge in [-0.25, -0.2) is 9.18 Å². The molecule has 0 aliphatic rings. The molecule has 0 saturated carbocycles. The molecule has 0 saturated heterocycles. The first kappa shape index (κ1) is 13.0. The number of hydrogen-bond acceptors (Lipinski definition) is 3. The van der Waals surface area contributed by atoms with Crippen molar-refractivity contribution >= 4 is 12.0 Å². The molecule has 0 unspecified atom stereocenters. The Labute approximate surface area is 98.3 Å². The molecule has 1 N–H and O–H groups in total. The zero-order chi connectivity index (χ0) is 12.7. The molecule has 17 heavy (non-hydrogen) atoms. The summed E-state index contributed by atoms with van der Waals surface area (Å²) in [6.45, 7) is -0.621. The number of carbonyl (C=O) groups is 1. The Morgan fingerprint density at radius 3 is 2.82 bits per heavy atom. The van der Waals surface area contributed by atoms with E-state index in [-0.39, 0.29) is 6.61 Å². The quantitative estimate of drug-likeness (QED) is 0.774. The van der Waals surface area contributed by atoms with Crippen LogP contribution in [0.4, 0.5) is 4.39 Å². The van der Waals surface area contributed by atoms with Crippen LogP contribution in [0.1, 0.15) is 5.56 Å². The minimum Gasteiger partial charge on any atom is -0.493 e. The van der Waals surface area contributed by atoms with Crippen molar-refractivity contribution in [3.8, 4) is 11.5 Å². The van der Waals surface area contributed by atoms with Gasteiger partial charge >= 0.3 is 5.97 Å². The summed E-state index contributed by atoms with van der Waals surface area (Å²) in [7, 11) is 1.46. The molecule has 0 radical (unpaired) electrons. The van der Waals surface area contributed by atoms with E-state index in [0.717, 1.165) is 6.08 Å². The lowest BCUT2D eigenvalue weighted by Crippen LogP contribution is -2.00. The third-order valence-corrected chi connectivity index (χ3v) is 1.94. The molecule has 5 heteroatoms. The molecular weight excluding hydrogens is 227 g/mol. The van der Waals surface area contributed by atoms with Crippen LogP contribution in [0.3, 0.4) is 0 Å². The number of carboxylic acids is 1. The van der Waals surface area contributed by atoms with E-state index in [1.165, 1.54) is 13.2 Å². The smallest absolute Gasteiger partial charge is 0.328 e. The fourth-order valence-corrected chi connectivity index (χ4v) is 1.22. The largest absolute Gasteiger partial charge is 0.493 e. The summed E-state index contributed by atoms with van der Waals surface area (Å²) in [6, 6.07) is 4.89. The number of alkyl halides is 1. The molecule has 1 rings (SSSR count). The minimum atomic E-state index is -1.03. The van der Waals surface area contributed by atoms with Crippen LogP contribution in [0, 0.1) is 0 Å². The Bertz CT molecular complexity index is 415. The second kappa shape index (κ2) is 6.52. The summed E-state index contributed by atoms with van der Waals surface area (Å²) in [5.41, 5.74) is 0.664. The van der Waals surface area contributed by atoms with Crippen LogP contribution in [0.2, 0.25) is 0 Å². The summed E-state index contributed by atoms with van der Waals surface area (Å²) in [5, 5.41) is 8.49. The fraction of sp³-hybridized carbons (Fsp3) is 0.250. The van der Waals surface area contributed by atoms with E-state index in [9.17, 15) is 9.18 Å². The highest BCUT2D eigenvalue weighted by atomic mass is 19.1. The van der Waals surface area contributed by atoms with Crippen molar-refractivity contribution in [2.75, 3.05) is 20.4 Å². The van der Waals surface area contributed by atoms with Crippen molar-refractivity contribution in [1.29, 1.82) is 0 Å². The summed E-state index contributed by atoms with van der Waals surface area (Å²) in [5.74, 6) is -0.162. The molecule has 1 aromatic rings. The highest BCUT2D eigenvalue weighted by molar-refractivity contribution is 5.85. The van der Waals surface area contributed by atoms with Gasteiger partial charge in [-0.05, 0) is 23.8 Å². The Kier molecular flexibility index (Phi) is 5.00. The van der Waals surface area contributed by atoms with Crippen LogP contribution in [0.15, 0.2) is 24.3 Å². The summed E-state index contributed by atoms with van der Waals surface area (Å²) >= 11 is 0. The summed E-state index contributed by atoms with van der Waals surface area (Å²) < 4.78 is 22.1. The molecule has 92 valence electrons. The summed E-state index contributed by atoms with van der Waals surface area (Å²) in [4.78, 5) is 10.4. The number of carboxylic acid groups (broad SMARTS) is 1. The second-order valence-electron chi connectivity index (χ2n) is 3.12. The third kappa shape index (κ3) is 4.14. The van der Waals surface area contributed by atoms with E-state index in [2.05, 4.69) is 0 Å². The standard InChI is InChI=1S/C12H13FO4/c1-16-11-8-9(3-5-12(14)15)2-4-10(11)17-7-6-13/h2-5,8H,6-7H2,1H3,(H,14,15)/b5-3+. The van der Waals surface area contributed by atoms with Gasteiger partial charge in [0.1, 0.15) is 13.3 Å². The lowest BCUT2D eigenvalue weighted by Gasteiger charge is -2.09. The van der Waals surface area contributed by atoms with Gasteiger partial charge in [-0.3, -0.25) is 0 Å². The van der Waals surface area contributed by atoms with Gasteiger partial charge in [0.05, 0.1) is 7.11 Å². The Hall–Kier alpha value is -2.04. The van der Waals surface area contributed by atoms with Gasteiger partial charge in [0.2, 0.25) is 0 Å². The number of aliphatic carboxylic acids is 1. The van der Waals surface area contributed by atoms with E-state index < -0.39 is 12.6 Å². The first-order chi connectivity index (χ1) is 8.17. The Balaban J connectivity index is 2.87. The molecule has 0 amide bonds. The number of rotatable bonds is 6. The molecule has 1 aromatic carbocycles. The molecule has 0 aliphatic carbocycles. The van der Waals surface area contributed by atoms with Crippen molar-refractivity contribution in [2.24, 2.45) is 0 Å². The first-order valence-corrected chi connectivity index (χ1v) is 4.95. The van der Waals surface area contributed by atoms with E-state index in [0.29, 0.717) is 17.1 Å². The lowest BCUT2D eigenvalue weighted by molar-refractivity contribution is -0.131. The highest BCUT2D eigenvalue weighted by Crippen LogP contribution is 2.28. The molecule has 0 heterocycles. The molecule has 0 fully saturated rings. The van der Waals surface area contributed by atoms with Crippen LogP contribution in [-0.4, -0.2) is 31.5 Å². The average Bonchev–Trinajstić information content (AvgIpc) is 2.34. The SMILES string of the molecule is COc1cc(/C=C/C(=O)O)ccc1OCCF. The van der Waals surface area contributed by atoms with Gasteiger partial charge in [0, 0.05) is 6.08 Å². The maximum Gasteiger partial charge on any atom is 0.328 e. The predicted octanol–water partition coefficient (Wildman–Crippen LogP) is 2.14. The van der Waals surface area contributed by atoms with Crippen molar-refractivity contribution in [3.05, 3.63) is 29.8 Å². The van der Waals surface area contributed by atoms with Gasteiger partial charge in [0.25, 0.3) is 0 Å². The fourth-order valence-electron chi connectivity index (χ4n) is 1.22. The van der Waals surface area contributed by atoms with E-state index in [4.69, 9.17) is 14.6 Å². The van der Waals surface area contributed by atoms with Crippen molar-refractivity contribution in [3.63, 3.8) is 0 Å². The topological polar surface area (TPSA) is 55.8 Å². The van der Waals surface area contributed by atoms with Gasteiger partial charge < -0.3 is 14.6 Å². The zero-order valence-corrected chi connectivity index (χ0v) is 9.35. The Morgan fingerprint density at radius 1 is 1.47 bits per heavy atom. The van der Waals surface area contributed by atoms with Crippen molar-refractivity contribution in [1.82, 2.24) is 0 Å². The maximum atomic E-state index is 12.0. The Morgan fingerprint density at radius 2 is 2.24 bits per heavy atom. The number of ether oxygens (including phenoxy) is 2. The predicted molar refractivity (Wildman–Crippen MR) is 61.1 cm³/mol. The third-order valence-electron chi connectivity index (χ3n) is 1.94. The van der Waals surface area contributed by atoms with Crippen LogP contribution in [-0.2, 0) is 4.79 Å². The number of benzene rings is 1. The van der Waals surface area contributed by atoms with Gasteiger partial charge in [-0.2, -0.15) is 0 Å². The van der Waals surface area contributed by atoms with Gasteiger partial charge in [0.15, 0.2) is 11.5 Å². The molecule has 0 bridgehead atoms.